The van der Waals surface area contributed by atoms with E-state index in [9.17, 15) is 0 Å². The van der Waals surface area contributed by atoms with Crippen molar-refractivity contribution in [2.24, 2.45) is 0 Å². The molecule has 0 atom stereocenters. The maximum Gasteiger partial charge on any atom is 0.0159 e. The van der Waals surface area contributed by atoms with Crippen LogP contribution in [-0.4, -0.2) is 29.4 Å². The Morgan fingerprint density at radius 2 is 1.44 bits per heavy atom. The van der Waals surface area contributed by atoms with Crippen LogP contribution in [0.3, 0.4) is 0 Å². The van der Waals surface area contributed by atoms with E-state index in [1.807, 2.05) is 0 Å². The molecule has 0 fully saturated rings. The zero-order valence-electron chi connectivity index (χ0n) is 11.5. The van der Waals surface area contributed by atoms with Gasteiger partial charge in [-0.25, -0.2) is 0 Å². The van der Waals surface area contributed by atoms with Gasteiger partial charge in [0, 0.05) is 17.9 Å². The lowest BCUT2D eigenvalue weighted by atomic mass is 10.1. The molecule has 0 aromatic heterocycles. The van der Waals surface area contributed by atoms with Gasteiger partial charge >= 0.3 is 0 Å². The Kier molecular flexibility index (Phi) is 12.2. The van der Waals surface area contributed by atoms with Crippen molar-refractivity contribution < 1.29 is 0 Å². The molecule has 0 aliphatic heterocycles. The van der Waals surface area contributed by atoms with Crippen LogP contribution in [0.5, 0.6) is 0 Å². The molecule has 0 N–H and O–H groups in total. The van der Waals surface area contributed by atoms with Crippen LogP contribution in [0.4, 0.5) is 0 Å². The summed E-state index contributed by atoms with van der Waals surface area (Å²) in [6.07, 6.45) is 9.86. The summed E-state index contributed by atoms with van der Waals surface area (Å²) in [7, 11) is 0. The lowest BCUT2D eigenvalue weighted by Crippen LogP contribution is -2.33. The van der Waals surface area contributed by atoms with Crippen molar-refractivity contribution in [3.05, 3.63) is 0 Å². The van der Waals surface area contributed by atoms with Crippen LogP contribution >= 0.6 is 15.9 Å². The predicted octanol–water partition coefficient (Wildman–Crippen LogP) is 4.84. The zero-order valence-corrected chi connectivity index (χ0v) is 13.1. The van der Waals surface area contributed by atoms with E-state index in [1.165, 1.54) is 58.0 Å². The minimum absolute atomic E-state index is 0.692. The Labute approximate surface area is 111 Å². The molecule has 0 rings (SSSR count). The number of hydrogen-bond acceptors (Lipinski definition) is 1. The third kappa shape index (κ3) is 9.65. The zero-order chi connectivity index (χ0) is 12.2. The molecule has 0 amide bonds. The minimum Gasteiger partial charge on any atom is -0.300 e. The third-order valence-corrected chi connectivity index (χ3v) is 3.51. The molecule has 0 heterocycles. The van der Waals surface area contributed by atoms with E-state index in [0.717, 1.165) is 5.33 Å². The van der Waals surface area contributed by atoms with Gasteiger partial charge < -0.3 is 4.90 Å². The van der Waals surface area contributed by atoms with Gasteiger partial charge in [0.05, 0.1) is 0 Å². The fourth-order valence-corrected chi connectivity index (χ4v) is 2.46. The molecule has 0 spiro atoms. The lowest BCUT2D eigenvalue weighted by Gasteiger charge is -2.25. The summed E-state index contributed by atoms with van der Waals surface area (Å²) in [6.45, 7) is 9.33. The molecule has 0 radical (unpaired) electrons. The summed E-state index contributed by atoms with van der Waals surface area (Å²) in [5, 5.41) is 1.10. The summed E-state index contributed by atoms with van der Waals surface area (Å²) in [4.78, 5) is 2.57. The monoisotopic (exact) mass is 291 g/mol. The molecule has 16 heavy (non-hydrogen) atoms. The average Bonchev–Trinajstić information content (AvgIpc) is 2.26. The smallest absolute Gasteiger partial charge is 0.0159 e. The Hall–Kier alpha value is 0.440. The number of halogens is 1. The van der Waals surface area contributed by atoms with E-state index >= 15 is 0 Å². The van der Waals surface area contributed by atoms with Crippen molar-refractivity contribution in [2.75, 3.05) is 18.4 Å². The molecule has 0 aliphatic rings. The van der Waals surface area contributed by atoms with Crippen molar-refractivity contribution >= 4 is 15.9 Å². The van der Waals surface area contributed by atoms with Crippen molar-refractivity contribution in [3.63, 3.8) is 0 Å². The molecular weight excluding hydrogens is 262 g/mol. The Bertz CT molecular complexity index is 137. The van der Waals surface area contributed by atoms with Gasteiger partial charge in [0.2, 0.25) is 0 Å². The molecule has 0 aliphatic carbocycles. The predicted molar refractivity (Wildman–Crippen MR) is 78.5 cm³/mol. The van der Waals surface area contributed by atoms with Crippen molar-refractivity contribution in [1.82, 2.24) is 4.90 Å². The van der Waals surface area contributed by atoms with Crippen LogP contribution < -0.4 is 0 Å². The first-order valence-electron chi connectivity index (χ1n) is 7.02. The number of rotatable bonds is 11. The first-order valence-corrected chi connectivity index (χ1v) is 8.14. The van der Waals surface area contributed by atoms with Gasteiger partial charge in [-0.05, 0) is 26.8 Å². The maximum atomic E-state index is 3.53. The largest absolute Gasteiger partial charge is 0.300 e. The highest BCUT2D eigenvalue weighted by molar-refractivity contribution is 9.09. The number of alkyl halides is 1. The van der Waals surface area contributed by atoms with E-state index < -0.39 is 0 Å². The molecule has 1 nitrogen and oxygen atoms in total. The van der Waals surface area contributed by atoms with Crippen molar-refractivity contribution in [1.29, 1.82) is 0 Å². The molecule has 0 aromatic carbocycles. The molecule has 2 heteroatoms. The second-order valence-electron chi connectivity index (χ2n) is 4.94. The van der Waals surface area contributed by atoms with E-state index in [-0.39, 0.29) is 0 Å². The summed E-state index contributed by atoms with van der Waals surface area (Å²) >= 11 is 3.53. The van der Waals surface area contributed by atoms with Gasteiger partial charge in [0.25, 0.3) is 0 Å². The number of nitrogens with zero attached hydrogens (tertiary/aromatic N) is 1. The highest BCUT2D eigenvalue weighted by Crippen LogP contribution is 2.09. The standard InChI is InChI=1S/C14H30BrN/c1-4-5-6-7-8-9-10-12-16(13-11-15)14(2)3/h14H,4-13H2,1-3H3. The lowest BCUT2D eigenvalue weighted by molar-refractivity contribution is 0.231. The van der Waals surface area contributed by atoms with E-state index in [4.69, 9.17) is 0 Å². The highest BCUT2D eigenvalue weighted by Gasteiger charge is 2.07. The van der Waals surface area contributed by atoms with Crippen LogP contribution in [0, 0.1) is 0 Å². The van der Waals surface area contributed by atoms with Gasteiger partial charge in [-0.15, -0.1) is 0 Å². The van der Waals surface area contributed by atoms with Crippen LogP contribution in [0.15, 0.2) is 0 Å². The van der Waals surface area contributed by atoms with Crippen LogP contribution in [0.2, 0.25) is 0 Å². The molecule has 0 aromatic rings. The first-order chi connectivity index (χ1) is 7.72. The van der Waals surface area contributed by atoms with Gasteiger partial charge in [-0.1, -0.05) is 61.4 Å². The summed E-state index contributed by atoms with van der Waals surface area (Å²) in [5.74, 6) is 0. The molecule has 98 valence electrons. The Morgan fingerprint density at radius 1 is 0.875 bits per heavy atom. The molecule has 0 bridgehead atoms. The fraction of sp³-hybridized carbons (Fsp3) is 1.00. The Balaban J connectivity index is 3.33. The maximum absolute atomic E-state index is 3.53. The summed E-state index contributed by atoms with van der Waals surface area (Å²) < 4.78 is 0. The second kappa shape index (κ2) is 11.9. The van der Waals surface area contributed by atoms with Gasteiger partial charge in [0.15, 0.2) is 0 Å². The minimum atomic E-state index is 0.692. The average molecular weight is 292 g/mol. The topological polar surface area (TPSA) is 3.24 Å². The van der Waals surface area contributed by atoms with Gasteiger partial charge in [0.1, 0.15) is 0 Å². The van der Waals surface area contributed by atoms with Crippen LogP contribution in [0.25, 0.3) is 0 Å². The molecule has 0 saturated heterocycles. The van der Waals surface area contributed by atoms with E-state index in [0.29, 0.717) is 6.04 Å². The Morgan fingerprint density at radius 3 is 1.94 bits per heavy atom. The van der Waals surface area contributed by atoms with Gasteiger partial charge in [-0.2, -0.15) is 0 Å². The molecular formula is C14H30BrN. The number of unbranched alkanes of at least 4 members (excludes halogenated alkanes) is 6. The first kappa shape index (κ1) is 16.4. The molecule has 0 unspecified atom stereocenters. The summed E-state index contributed by atoms with van der Waals surface area (Å²) in [6, 6.07) is 0.692. The van der Waals surface area contributed by atoms with Gasteiger partial charge in [-0.3, -0.25) is 0 Å². The normalized spacial score (nSPS) is 11.6. The summed E-state index contributed by atoms with van der Waals surface area (Å²) in [5.41, 5.74) is 0. The van der Waals surface area contributed by atoms with E-state index in [2.05, 4.69) is 41.6 Å². The SMILES string of the molecule is CCCCCCCCCN(CCBr)C(C)C. The van der Waals surface area contributed by atoms with Crippen molar-refractivity contribution in [2.45, 2.75) is 71.8 Å². The third-order valence-electron chi connectivity index (χ3n) is 3.15. The number of hydrogen-bond donors (Lipinski definition) is 0. The highest BCUT2D eigenvalue weighted by atomic mass is 79.9. The van der Waals surface area contributed by atoms with Crippen LogP contribution in [0.1, 0.15) is 65.7 Å². The van der Waals surface area contributed by atoms with E-state index in [1.54, 1.807) is 0 Å². The quantitative estimate of drug-likeness (QED) is 0.389. The van der Waals surface area contributed by atoms with Crippen LogP contribution in [-0.2, 0) is 0 Å². The fourth-order valence-electron chi connectivity index (χ4n) is 2.01. The molecule has 0 saturated carbocycles. The second-order valence-corrected chi connectivity index (χ2v) is 5.73. The van der Waals surface area contributed by atoms with Crippen molar-refractivity contribution in [3.8, 4) is 0 Å².